The molecule has 0 fully saturated rings. The minimum Gasteiger partial charge on any atom is -0.316 e. The van der Waals surface area contributed by atoms with Gasteiger partial charge >= 0.3 is 0 Å². The maximum Gasteiger partial charge on any atom is 0.0145 e. The van der Waals surface area contributed by atoms with Crippen LogP contribution in [0.15, 0.2) is 36.4 Å². The van der Waals surface area contributed by atoms with E-state index in [2.05, 4.69) is 76.5 Å². The molecule has 0 aliphatic rings. The first-order valence-corrected chi connectivity index (χ1v) is 7.79. The highest BCUT2D eigenvalue weighted by Gasteiger charge is 2.12. The van der Waals surface area contributed by atoms with Crippen molar-refractivity contribution in [1.29, 1.82) is 0 Å². The Balaban J connectivity index is 2.15. The highest BCUT2D eigenvalue weighted by atomic mass is 14.9. The minimum absolute atomic E-state index is 0.479. The molecule has 2 rings (SSSR count). The van der Waals surface area contributed by atoms with Crippen LogP contribution in [0.25, 0.3) is 0 Å². The van der Waals surface area contributed by atoms with Crippen molar-refractivity contribution in [2.45, 2.75) is 46.6 Å². The molecular weight excluding hydrogens is 254 g/mol. The topological polar surface area (TPSA) is 12.0 Å². The molecule has 0 amide bonds. The summed E-state index contributed by atoms with van der Waals surface area (Å²) < 4.78 is 0. The molecule has 1 unspecified atom stereocenters. The van der Waals surface area contributed by atoms with Crippen LogP contribution in [0.2, 0.25) is 0 Å². The van der Waals surface area contributed by atoms with Gasteiger partial charge in [0.15, 0.2) is 0 Å². The van der Waals surface area contributed by atoms with Crippen molar-refractivity contribution in [2.24, 2.45) is 0 Å². The highest BCUT2D eigenvalue weighted by Crippen LogP contribution is 2.18. The predicted molar refractivity (Wildman–Crippen MR) is 92.1 cm³/mol. The summed E-state index contributed by atoms with van der Waals surface area (Å²) in [6, 6.07) is 13.9. The number of nitrogens with one attached hydrogen (secondary N) is 1. The van der Waals surface area contributed by atoms with Crippen LogP contribution < -0.4 is 5.32 Å². The van der Waals surface area contributed by atoms with E-state index < -0.39 is 0 Å². The van der Waals surface area contributed by atoms with Gasteiger partial charge in [0, 0.05) is 6.04 Å². The van der Waals surface area contributed by atoms with Gasteiger partial charge in [-0.25, -0.2) is 0 Å². The summed E-state index contributed by atoms with van der Waals surface area (Å²) in [4.78, 5) is 0. The van der Waals surface area contributed by atoms with Gasteiger partial charge in [-0.3, -0.25) is 0 Å². The molecule has 0 spiro atoms. The average molecular weight is 281 g/mol. The van der Waals surface area contributed by atoms with Gasteiger partial charge in [0.1, 0.15) is 0 Å². The molecule has 0 bridgehead atoms. The third kappa shape index (κ3) is 3.95. The highest BCUT2D eigenvalue weighted by molar-refractivity contribution is 5.35. The normalized spacial score (nSPS) is 12.4. The maximum atomic E-state index is 3.49. The molecule has 1 nitrogen and oxygen atoms in total. The molecular formula is C20H27N. The predicted octanol–water partition coefficient (Wildman–Crippen LogP) is 4.29. The van der Waals surface area contributed by atoms with E-state index in [9.17, 15) is 0 Å². The fraction of sp³-hybridized carbons (Fsp3) is 0.400. The lowest BCUT2D eigenvalue weighted by atomic mass is 9.92. The molecule has 1 heteroatoms. The van der Waals surface area contributed by atoms with Crippen molar-refractivity contribution < 1.29 is 0 Å². The standard InChI is InChI=1S/C20H27N/c1-14-9-10-18(11-17(14)4)12-19(21-5)13-20-15(2)7-6-8-16(20)3/h6-11,19,21H,12-13H2,1-5H3. The average Bonchev–Trinajstić information content (AvgIpc) is 2.45. The molecule has 21 heavy (non-hydrogen) atoms. The third-order valence-electron chi connectivity index (χ3n) is 4.56. The minimum atomic E-state index is 0.479. The lowest BCUT2D eigenvalue weighted by Gasteiger charge is -2.19. The van der Waals surface area contributed by atoms with E-state index in [1.165, 1.54) is 33.4 Å². The van der Waals surface area contributed by atoms with Crippen LogP contribution in [-0.2, 0) is 12.8 Å². The van der Waals surface area contributed by atoms with Crippen LogP contribution in [0.4, 0.5) is 0 Å². The zero-order valence-corrected chi connectivity index (χ0v) is 14.0. The monoisotopic (exact) mass is 281 g/mol. The summed E-state index contributed by atoms with van der Waals surface area (Å²) >= 11 is 0. The van der Waals surface area contributed by atoms with E-state index in [1.54, 1.807) is 0 Å². The molecule has 0 saturated heterocycles. The molecule has 0 aliphatic heterocycles. The number of rotatable bonds is 5. The fourth-order valence-corrected chi connectivity index (χ4v) is 2.91. The largest absolute Gasteiger partial charge is 0.316 e. The van der Waals surface area contributed by atoms with Crippen LogP contribution in [0.3, 0.4) is 0 Å². The first-order valence-electron chi connectivity index (χ1n) is 7.79. The van der Waals surface area contributed by atoms with E-state index in [1.807, 2.05) is 0 Å². The second-order valence-corrected chi connectivity index (χ2v) is 6.18. The molecule has 2 aromatic rings. The zero-order valence-electron chi connectivity index (χ0n) is 14.0. The molecule has 0 aliphatic carbocycles. The van der Waals surface area contributed by atoms with Gasteiger partial charge in [0.2, 0.25) is 0 Å². The van der Waals surface area contributed by atoms with E-state index >= 15 is 0 Å². The van der Waals surface area contributed by atoms with Crippen molar-refractivity contribution in [3.05, 3.63) is 69.8 Å². The van der Waals surface area contributed by atoms with Gasteiger partial charge < -0.3 is 5.32 Å². The van der Waals surface area contributed by atoms with E-state index in [4.69, 9.17) is 0 Å². The summed E-state index contributed by atoms with van der Waals surface area (Å²) in [7, 11) is 2.07. The SMILES string of the molecule is CNC(Cc1ccc(C)c(C)c1)Cc1c(C)cccc1C. The van der Waals surface area contributed by atoms with Crippen LogP contribution in [0.1, 0.15) is 33.4 Å². The summed E-state index contributed by atoms with van der Waals surface area (Å²) in [5.74, 6) is 0. The van der Waals surface area contributed by atoms with Gasteiger partial charge in [0.05, 0.1) is 0 Å². The van der Waals surface area contributed by atoms with E-state index in [0.29, 0.717) is 6.04 Å². The third-order valence-corrected chi connectivity index (χ3v) is 4.56. The van der Waals surface area contributed by atoms with Gasteiger partial charge in [-0.05, 0) is 81.0 Å². The van der Waals surface area contributed by atoms with Gasteiger partial charge in [-0.2, -0.15) is 0 Å². The Morgan fingerprint density at radius 2 is 1.48 bits per heavy atom. The molecule has 1 N–H and O–H groups in total. The van der Waals surface area contributed by atoms with E-state index in [0.717, 1.165) is 12.8 Å². The number of benzene rings is 2. The second kappa shape index (κ2) is 6.91. The molecule has 0 radical (unpaired) electrons. The van der Waals surface area contributed by atoms with Gasteiger partial charge in [-0.15, -0.1) is 0 Å². The van der Waals surface area contributed by atoms with Crippen molar-refractivity contribution >= 4 is 0 Å². The Kier molecular flexibility index (Phi) is 5.19. The molecule has 0 heterocycles. The quantitative estimate of drug-likeness (QED) is 0.862. The summed E-state index contributed by atoms with van der Waals surface area (Å²) in [5, 5.41) is 3.49. The van der Waals surface area contributed by atoms with Crippen molar-refractivity contribution in [1.82, 2.24) is 5.32 Å². The Morgan fingerprint density at radius 3 is 2.05 bits per heavy atom. The lowest BCUT2D eigenvalue weighted by molar-refractivity contribution is 0.554. The van der Waals surface area contributed by atoms with Crippen molar-refractivity contribution in [3.8, 4) is 0 Å². The summed E-state index contributed by atoms with van der Waals surface area (Å²) in [6.45, 7) is 8.79. The Labute approximate surface area is 129 Å². The summed E-state index contributed by atoms with van der Waals surface area (Å²) in [6.07, 6.45) is 2.16. The van der Waals surface area contributed by atoms with Crippen LogP contribution in [0, 0.1) is 27.7 Å². The van der Waals surface area contributed by atoms with Crippen LogP contribution in [-0.4, -0.2) is 13.1 Å². The van der Waals surface area contributed by atoms with Gasteiger partial charge in [0.25, 0.3) is 0 Å². The zero-order chi connectivity index (χ0) is 15.4. The number of aryl methyl sites for hydroxylation is 4. The maximum absolute atomic E-state index is 3.49. The Bertz CT molecular complexity index is 593. The Morgan fingerprint density at radius 1 is 0.810 bits per heavy atom. The number of hydrogen-bond donors (Lipinski definition) is 1. The van der Waals surface area contributed by atoms with Crippen molar-refractivity contribution in [3.63, 3.8) is 0 Å². The van der Waals surface area contributed by atoms with Crippen molar-refractivity contribution in [2.75, 3.05) is 7.05 Å². The number of likely N-dealkylation sites (N-methyl/N-ethyl adjacent to an activating group) is 1. The first kappa shape index (κ1) is 15.8. The molecule has 0 aromatic heterocycles. The first-order chi connectivity index (χ1) is 10.0. The smallest absolute Gasteiger partial charge is 0.0145 e. The van der Waals surface area contributed by atoms with E-state index in [-0.39, 0.29) is 0 Å². The molecule has 2 aromatic carbocycles. The molecule has 0 saturated carbocycles. The summed E-state index contributed by atoms with van der Waals surface area (Å²) in [5.41, 5.74) is 8.46. The fourth-order valence-electron chi connectivity index (χ4n) is 2.91. The molecule has 112 valence electrons. The Hall–Kier alpha value is -1.60. The van der Waals surface area contributed by atoms with Crippen LogP contribution >= 0.6 is 0 Å². The molecule has 1 atom stereocenters. The van der Waals surface area contributed by atoms with Crippen LogP contribution in [0.5, 0.6) is 0 Å². The lowest BCUT2D eigenvalue weighted by Crippen LogP contribution is -2.30. The van der Waals surface area contributed by atoms with Gasteiger partial charge in [-0.1, -0.05) is 36.4 Å². The second-order valence-electron chi connectivity index (χ2n) is 6.18. The number of hydrogen-bond acceptors (Lipinski definition) is 1.